The monoisotopic (exact) mass is 573 g/mol. The van der Waals surface area contributed by atoms with Crippen molar-refractivity contribution >= 4 is 89.8 Å². The lowest BCUT2D eigenvalue weighted by Crippen LogP contribution is -2.42. The van der Waals surface area contributed by atoms with E-state index in [9.17, 15) is 0 Å². The van der Waals surface area contributed by atoms with Crippen molar-refractivity contribution in [2.45, 2.75) is 0 Å². The van der Waals surface area contributed by atoms with Crippen LogP contribution in [0.15, 0.2) is 132 Å². The molecule has 5 heteroatoms. The molecule has 4 nitrogen and oxygen atoms in total. The maximum absolute atomic E-state index is 6.74. The first kappa shape index (κ1) is 23.5. The first-order valence-electron chi connectivity index (χ1n) is 15.3. The molecule has 0 atom stereocenters. The molecule has 1 radical (unpaired) electrons. The average molecular weight is 573 g/mol. The number of anilines is 3. The molecular formula is C40H22BN2O2. The second-order valence-electron chi connectivity index (χ2n) is 12.0. The third-order valence-corrected chi connectivity index (χ3v) is 9.61. The maximum atomic E-state index is 6.74. The van der Waals surface area contributed by atoms with Crippen molar-refractivity contribution in [3.8, 4) is 22.6 Å². The first-order chi connectivity index (χ1) is 22.3. The zero-order chi connectivity index (χ0) is 29.2. The van der Waals surface area contributed by atoms with Crippen molar-refractivity contribution in [3.05, 3.63) is 127 Å². The van der Waals surface area contributed by atoms with Crippen LogP contribution in [-0.2, 0) is 0 Å². The third kappa shape index (κ3) is 3.02. The molecule has 4 heterocycles. The first-order valence-corrected chi connectivity index (χ1v) is 15.3. The molecule has 2 aliphatic rings. The fraction of sp³-hybridized carbons (Fsp3) is 0. The van der Waals surface area contributed by atoms with Crippen molar-refractivity contribution < 1.29 is 9.15 Å². The number of aromatic nitrogens is 1. The van der Waals surface area contributed by atoms with E-state index >= 15 is 0 Å². The van der Waals surface area contributed by atoms with Gasteiger partial charge in [0, 0.05) is 32.5 Å². The predicted molar refractivity (Wildman–Crippen MR) is 186 cm³/mol. The van der Waals surface area contributed by atoms with E-state index in [1.165, 1.54) is 27.1 Å². The highest BCUT2D eigenvalue weighted by molar-refractivity contribution is 6.74. The van der Waals surface area contributed by atoms with Crippen LogP contribution in [0.1, 0.15) is 0 Å². The Balaban J connectivity index is 1.30. The lowest BCUT2D eigenvalue weighted by Gasteiger charge is -2.39. The minimum atomic E-state index is 0.828. The van der Waals surface area contributed by atoms with E-state index in [0.717, 1.165) is 78.1 Å². The highest BCUT2D eigenvalue weighted by Crippen LogP contribution is 2.53. The molecule has 1 N–H and O–H groups in total. The minimum absolute atomic E-state index is 0.828. The van der Waals surface area contributed by atoms with Crippen LogP contribution in [0.25, 0.3) is 65.6 Å². The van der Waals surface area contributed by atoms with Crippen molar-refractivity contribution in [1.82, 2.24) is 4.98 Å². The van der Waals surface area contributed by atoms with E-state index in [2.05, 4.69) is 126 Å². The highest BCUT2D eigenvalue weighted by atomic mass is 16.5. The number of aromatic amines is 1. The zero-order valence-corrected chi connectivity index (χ0v) is 24.0. The summed E-state index contributed by atoms with van der Waals surface area (Å²) in [5, 5.41) is 7.11. The summed E-state index contributed by atoms with van der Waals surface area (Å²) in [6.45, 7) is 0. The van der Waals surface area contributed by atoms with Crippen LogP contribution in [0.3, 0.4) is 0 Å². The van der Waals surface area contributed by atoms with Gasteiger partial charge in [-0.2, -0.15) is 0 Å². The van der Waals surface area contributed by atoms with Gasteiger partial charge in [0.1, 0.15) is 5.58 Å². The quantitative estimate of drug-likeness (QED) is 0.199. The van der Waals surface area contributed by atoms with E-state index in [1.54, 1.807) is 0 Å². The van der Waals surface area contributed by atoms with Crippen LogP contribution in [0.4, 0.5) is 17.1 Å². The number of ether oxygens (including phenoxy) is 1. The number of H-pyrrole nitrogens is 1. The van der Waals surface area contributed by atoms with Gasteiger partial charge in [0.2, 0.25) is 0 Å². The molecule has 0 spiro atoms. The average Bonchev–Trinajstić information content (AvgIpc) is 3.67. The Bertz CT molecular complexity index is 2740. The van der Waals surface area contributed by atoms with Crippen LogP contribution in [0, 0.1) is 0 Å². The summed E-state index contributed by atoms with van der Waals surface area (Å²) in [6, 6.07) is 45.0. The molecule has 0 unspecified atom stereocenters. The third-order valence-electron chi connectivity index (χ3n) is 9.61. The lowest BCUT2D eigenvalue weighted by atomic mass is 9.58. The summed E-state index contributed by atoms with van der Waals surface area (Å²) in [5.41, 5.74) is 11.7. The van der Waals surface area contributed by atoms with E-state index in [4.69, 9.17) is 9.15 Å². The Kier molecular flexibility index (Phi) is 4.37. The lowest BCUT2D eigenvalue weighted by molar-refractivity contribution is 0.477. The molecule has 45 heavy (non-hydrogen) atoms. The second kappa shape index (κ2) is 8.37. The SMILES string of the molecule is [B]1c2cccc3c2N(c2ccccc2O3)c2c1c(-c1cccc3c1[nH]c1c4ccccc4ccc31)cc1c2oc2ccccc21. The Morgan fingerprint density at radius 1 is 0.556 bits per heavy atom. The van der Waals surface area contributed by atoms with Crippen LogP contribution in [0.5, 0.6) is 11.5 Å². The second-order valence-corrected chi connectivity index (χ2v) is 12.0. The fourth-order valence-corrected chi connectivity index (χ4v) is 7.67. The largest absolute Gasteiger partial charge is 0.454 e. The van der Waals surface area contributed by atoms with Gasteiger partial charge in [-0.3, -0.25) is 0 Å². The smallest absolute Gasteiger partial charge is 0.198 e. The van der Waals surface area contributed by atoms with Crippen LogP contribution < -0.4 is 20.6 Å². The van der Waals surface area contributed by atoms with Gasteiger partial charge in [-0.25, -0.2) is 0 Å². The molecule has 0 saturated heterocycles. The van der Waals surface area contributed by atoms with Crippen LogP contribution in [-0.4, -0.2) is 12.3 Å². The summed E-state index contributed by atoms with van der Waals surface area (Å²) >= 11 is 0. The molecule has 7 aromatic carbocycles. The molecule has 207 valence electrons. The summed E-state index contributed by atoms with van der Waals surface area (Å²) in [4.78, 5) is 6.24. The number of furan rings is 1. The van der Waals surface area contributed by atoms with Gasteiger partial charge in [-0.15, -0.1) is 0 Å². The summed E-state index contributed by atoms with van der Waals surface area (Å²) in [7, 11) is 2.31. The van der Waals surface area contributed by atoms with E-state index in [-0.39, 0.29) is 0 Å². The van der Waals surface area contributed by atoms with Gasteiger partial charge in [0.15, 0.2) is 24.4 Å². The molecule has 9 aromatic rings. The number of benzene rings is 7. The van der Waals surface area contributed by atoms with Gasteiger partial charge in [0.25, 0.3) is 0 Å². The number of nitrogens with zero attached hydrogens (tertiary/aromatic N) is 1. The molecular weight excluding hydrogens is 551 g/mol. The molecule has 0 saturated carbocycles. The molecule has 0 amide bonds. The van der Waals surface area contributed by atoms with E-state index in [1.807, 2.05) is 18.2 Å². The number of hydrogen-bond donors (Lipinski definition) is 1. The Morgan fingerprint density at radius 2 is 1.33 bits per heavy atom. The number of fused-ring (bicyclic) bond motifs is 13. The van der Waals surface area contributed by atoms with Gasteiger partial charge < -0.3 is 19.0 Å². The Morgan fingerprint density at radius 3 is 2.31 bits per heavy atom. The molecule has 0 bridgehead atoms. The standard InChI is InChI=1S/C40H22BN2O2/c1-2-10-23-22(9-1)19-20-27-25-12-7-13-26(37(25)42-36(23)27)28-21-29-24-11-3-5-16-32(24)45-40(29)39-35(28)41-30-14-8-18-34-38(30)43(39)31-15-4-6-17-33(31)44-34/h1-21,42H. The predicted octanol–water partition coefficient (Wildman–Crippen LogP) is 9.58. The van der Waals surface area contributed by atoms with Gasteiger partial charge >= 0.3 is 0 Å². The topological polar surface area (TPSA) is 41.4 Å². The maximum Gasteiger partial charge on any atom is 0.198 e. The normalized spacial score (nSPS) is 13.2. The minimum Gasteiger partial charge on any atom is -0.454 e. The number of nitrogens with one attached hydrogen (secondary N) is 1. The van der Waals surface area contributed by atoms with E-state index in [0.29, 0.717) is 0 Å². The number of rotatable bonds is 1. The molecule has 2 aliphatic heterocycles. The Labute approximate surface area is 258 Å². The molecule has 2 aromatic heterocycles. The van der Waals surface area contributed by atoms with E-state index < -0.39 is 0 Å². The van der Waals surface area contributed by atoms with Crippen LogP contribution >= 0.6 is 0 Å². The summed E-state index contributed by atoms with van der Waals surface area (Å²) in [6.07, 6.45) is 0. The molecule has 0 fully saturated rings. The Hall–Kier alpha value is -5.94. The highest BCUT2D eigenvalue weighted by Gasteiger charge is 2.37. The van der Waals surface area contributed by atoms with Crippen molar-refractivity contribution in [3.63, 3.8) is 0 Å². The molecule has 0 aliphatic carbocycles. The fourth-order valence-electron chi connectivity index (χ4n) is 7.67. The number of hydrogen-bond acceptors (Lipinski definition) is 3. The van der Waals surface area contributed by atoms with Crippen molar-refractivity contribution in [2.75, 3.05) is 4.90 Å². The van der Waals surface area contributed by atoms with Gasteiger partial charge in [-0.05, 0) is 46.7 Å². The van der Waals surface area contributed by atoms with Crippen molar-refractivity contribution in [1.29, 1.82) is 0 Å². The number of para-hydroxylation sites is 5. The van der Waals surface area contributed by atoms with Crippen molar-refractivity contribution in [2.24, 2.45) is 0 Å². The van der Waals surface area contributed by atoms with Gasteiger partial charge in [0.05, 0.1) is 28.1 Å². The van der Waals surface area contributed by atoms with Crippen LogP contribution in [0.2, 0.25) is 0 Å². The summed E-state index contributed by atoms with van der Waals surface area (Å²) < 4.78 is 13.2. The summed E-state index contributed by atoms with van der Waals surface area (Å²) in [5.74, 6) is 1.67. The zero-order valence-electron chi connectivity index (χ0n) is 24.0. The molecule has 11 rings (SSSR count). The van der Waals surface area contributed by atoms with Gasteiger partial charge in [-0.1, -0.05) is 103 Å².